The van der Waals surface area contributed by atoms with Gasteiger partial charge < -0.3 is 19.3 Å². The molecule has 41 heavy (non-hydrogen) atoms. The number of aromatic nitrogens is 1. The lowest BCUT2D eigenvalue weighted by molar-refractivity contribution is -0.132. The first kappa shape index (κ1) is 26.6. The number of carbonyl (C=O) groups is 2. The van der Waals surface area contributed by atoms with Crippen molar-refractivity contribution in [2.75, 3.05) is 18.1 Å². The monoisotopic (exact) mass is 568 g/mol. The number of aliphatic hydroxyl groups excluding tert-OH is 1. The van der Waals surface area contributed by atoms with Gasteiger partial charge in [-0.2, -0.15) is 0 Å². The van der Waals surface area contributed by atoms with Crippen molar-refractivity contribution in [3.8, 4) is 17.2 Å². The van der Waals surface area contributed by atoms with Gasteiger partial charge in [-0.15, -0.1) is 0 Å². The first-order valence-corrected chi connectivity index (χ1v) is 14.2. The number of rotatable bonds is 8. The van der Waals surface area contributed by atoms with Crippen LogP contribution in [0.2, 0.25) is 0 Å². The highest BCUT2D eigenvalue weighted by atomic mass is 32.1. The van der Waals surface area contributed by atoms with Gasteiger partial charge in [0.25, 0.3) is 5.78 Å². The highest BCUT2D eigenvalue weighted by molar-refractivity contribution is 7.22. The molecule has 0 unspecified atom stereocenters. The third kappa shape index (κ3) is 4.82. The van der Waals surface area contributed by atoms with E-state index in [1.165, 1.54) is 16.2 Å². The van der Waals surface area contributed by atoms with Gasteiger partial charge in [0, 0.05) is 12.0 Å². The summed E-state index contributed by atoms with van der Waals surface area (Å²) in [4.78, 5) is 33.4. The molecule has 0 spiro atoms. The molecule has 4 aromatic rings. The van der Waals surface area contributed by atoms with E-state index in [-0.39, 0.29) is 17.4 Å². The average molecular weight is 569 g/mol. The fourth-order valence-electron chi connectivity index (χ4n) is 5.25. The van der Waals surface area contributed by atoms with E-state index >= 15 is 0 Å². The number of fused-ring (bicyclic) bond motifs is 2. The van der Waals surface area contributed by atoms with Gasteiger partial charge in [0.2, 0.25) is 0 Å². The predicted molar refractivity (Wildman–Crippen MR) is 158 cm³/mol. The van der Waals surface area contributed by atoms with E-state index in [1.54, 1.807) is 42.5 Å². The highest BCUT2D eigenvalue weighted by Crippen LogP contribution is 2.45. The zero-order valence-electron chi connectivity index (χ0n) is 22.6. The number of ketones is 1. The molecule has 0 radical (unpaired) electrons. The SMILES string of the molecule is C=CCOc1cccc([C@@H]2/C(=C(\O)c3ccc4c(c3)C[C@H](C)O4)C(=O)C(=O)N2c2nc3ccc(OCC)cc3s2)c1. The van der Waals surface area contributed by atoms with E-state index in [0.717, 1.165) is 16.0 Å². The predicted octanol–water partition coefficient (Wildman–Crippen LogP) is 6.21. The molecular formula is C32H28N2O6S. The molecule has 2 aliphatic heterocycles. The number of hydrogen-bond acceptors (Lipinski definition) is 8. The number of carbonyl (C=O) groups excluding carboxylic acids is 2. The molecule has 1 aromatic heterocycles. The molecule has 8 nitrogen and oxygen atoms in total. The van der Waals surface area contributed by atoms with Crippen molar-refractivity contribution in [1.82, 2.24) is 4.98 Å². The molecule has 3 aromatic carbocycles. The number of Topliss-reactive ketones (excluding diaryl/α,β-unsaturated/α-hetero) is 1. The number of ether oxygens (including phenoxy) is 3. The first-order valence-electron chi connectivity index (χ1n) is 13.4. The molecule has 3 heterocycles. The first-order chi connectivity index (χ1) is 19.9. The summed E-state index contributed by atoms with van der Waals surface area (Å²) in [6, 6.07) is 17.0. The lowest BCUT2D eigenvalue weighted by Crippen LogP contribution is -2.29. The van der Waals surface area contributed by atoms with E-state index in [4.69, 9.17) is 19.2 Å². The molecule has 0 bridgehead atoms. The lowest BCUT2D eigenvalue weighted by atomic mass is 9.94. The maximum absolute atomic E-state index is 13.7. The average Bonchev–Trinajstić information content (AvgIpc) is 3.63. The second-order valence-corrected chi connectivity index (χ2v) is 10.9. The molecule has 2 aliphatic rings. The van der Waals surface area contributed by atoms with Crippen LogP contribution in [0.15, 0.2) is 78.9 Å². The molecule has 1 N–H and O–H groups in total. The van der Waals surface area contributed by atoms with E-state index < -0.39 is 17.7 Å². The molecular weight excluding hydrogens is 540 g/mol. The number of benzene rings is 3. The largest absolute Gasteiger partial charge is 0.507 e. The normalized spacial score (nSPS) is 19.3. The van der Waals surface area contributed by atoms with Gasteiger partial charge in [-0.3, -0.25) is 14.5 Å². The number of anilines is 1. The smallest absolute Gasteiger partial charge is 0.301 e. The summed E-state index contributed by atoms with van der Waals surface area (Å²) in [5.74, 6) is 0.174. The quantitative estimate of drug-likeness (QED) is 0.117. The standard InChI is InChI=1S/C32H28N2O6S/c1-4-13-39-22-8-6-7-19(16-22)28-27(29(35)20-9-12-25-21(15-20)14-18(3)40-25)30(36)31(37)34(28)32-33-24-11-10-23(38-5-2)17-26(24)41-32/h4,6-12,15-18,28,35H,1,5,13-14H2,2-3H3/b29-27+/t18-,28+/m0/s1. The summed E-state index contributed by atoms with van der Waals surface area (Å²) in [5.41, 5.74) is 2.62. The summed E-state index contributed by atoms with van der Waals surface area (Å²) in [6.07, 6.45) is 2.34. The van der Waals surface area contributed by atoms with Crippen molar-refractivity contribution in [1.29, 1.82) is 0 Å². The van der Waals surface area contributed by atoms with Crippen LogP contribution in [-0.4, -0.2) is 41.1 Å². The summed E-state index contributed by atoms with van der Waals surface area (Å²) >= 11 is 1.28. The van der Waals surface area contributed by atoms with Crippen LogP contribution in [0.1, 0.15) is 36.6 Å². The van der Waals surface area contributed by atoms with Crippen molar-refractivity contribution in [3.05, 3.63) is 95.6 Å². The van der Waals surface area contributed by atoms with Crippen molar-refractivity contribution in [2.45, 2.75) is 32.4 Å². The Balaban J connectivity index is 1.51. The zero-order chi connectivity index (χ0) is 28.7. The Morgan fingerprint density at radius 3 is 2.78 bits per heavy atom. The lowest BCUT2D eigenvalue weighted by Gasteiger charge is -2.23. The third-order valence-electron chi connectivity index (χ3n) is 7.02. The Morgan fingerprint density at radius 1 is 1.15 bits per heavy atom. The van der Waals surface area contributed by atoms with Gasteiger partial charge in [0.05, 0.1) is 28.4 Å². The maximum atomic E-state index is 13.7. The molecule has 9 heteroatoms. The van der Waals surface area contributed by atoms with E-state index in [1.807, 2.05) is 38.1 Å². The summed E-state index contributed by atoms with van der Waals surface area (Å²) < 4.78 is 18.0. The number of thiazole rings is 1. The minimum Gasteiger partial charge on any atom is -0.507 e. The molecule has 6 rings (SSSR count). The van der Waals surface area contributed by atoms with Crippen molar-refractivity contribution >= 4 is 44.1 Å². The highest BCUT2D eigenvalue weighted by Gasteiger charge is 2.48. The van der Waals surface area contributed by atoms with Crippen LogP contribution in [0.3, 0.4) is 0 Å². The minimum absolute atomic E-state index is 0.0166. The van der Waals surface area contributed by atoms with Gasteiger partial charge >= 0.3 is 5.91 Å². The molecule has 1 amide bonds. The number of hydrogen-bond donors (Lipinski definition) is 1. The maximum Gasteiger partial charge on any atom is 0.301 e. The minimum atomic E-state index is -0.933. The third-order valence-corrected chi connectivity index (χ3v) is 8.04. The van der Waals surface area contributed by atoms with Crippen molar-refractivity contribution in [2.24, 2.45) is 0 Å². The van der Waals surface area contributed by atoms with Gasteiger partial charge in [-0.1, -0.05) is 36.1 Å². The number of aliphatic hydroxyl groups is 1. The van der Waals surface area contributed by atoms with Crippen molar-refractivity contribution < 1.29 is 28.9 Å². The molecule has 0 aliphatic carbocycles. The van der Waals surface area contributed by atoms with Crippen LogP contribution < -0.4 is 19.1 Å². The van der Waals surface area contributed by atoms with Crippen LogP contribution in [-0.2, 0) is 16.0 Å². The Hall–Kier alpha value is -4.63. The van der Waals surface area contributed by atoms with Gasteiger partial charge in [-0.05, 0) is 73.5 Å². The van der Waals surface area contributed by atoms with Crippen LogP contribution in [0.5, 0.6) is 17.2 Å². The van der Waals surface area contributed by atoms with Gasteiger partial charge in [0.1, 0.15) is 35.7 Å². The van der Waals surface area contributed by atoms with Crippen molar-refractivity contribution in [3.63, 3.8) is 0 Å². The Morgan fingerprint density at radius 2 is 1.98 bits per heavy atom. The Bertz CT molecular complexity index is 1720. The summed E-state index contributed by atoms with van der Waals surface area (Å²) in [5, 5.41) is 12.0. The fourth-order valence-corrected chi connectivity index (χ4v) is 6.27. The Labute approximate surface area is 241 Å². The second-order valence-electron chi connectivity index (χ2n) is 9.86. The summed E-state index contributed by atoms with van der Waals surface area (Å²) in [7, 11) is 0. The zero-order valence-corrected chi connectivity index (χ0v) is 23.4. The molecule has 0 saturated carbocycles. The number of amides is 1. The van der Waals surface area contributed by atoms with Crippen LogP contribution in [0.4, 0.5) is 5.13 Å². The van der Waals surface area contributed by atoms with Crippen LogP contribution in [0, 0.1) is 0 Å². The molecule has 2 atom stereocenters. The molecule has 208 valence electrons. The number of nitrogens with zero attached hydrogens (tertiary/aromatic N) is 2. The van der Waals surface area contributed by atoms with Crippen LogP contribution >= 0.6 is 11.3 Å². The van der Waals surface area contributed by atoms with E-state index in [2.05, 4.69) is 6.58 Å². The summed E-state index contributed by atoms with van der Waals surface area (Å²) in [6.45, 7) is 8.38. The second kappa shape index (κ2) is 10.7. The topological polar surface area (TPSA) is 98.2 Å². The van der Waals surface area contributed by atoms with Gasteiger partial charge in [0.15, 0.2) is 5.13 Å². The van der Waals surface area contributed by atoms with Crippen LogP contribution in [0.25, 0.3) is 16.0 Å². The molecule has 1 fully saturated rings. The Kier molecular flexibility index (Phi) is 6.96. The molecule has 1 saturated heterocycles. The van der Waals surface area contributed by atoms with E-state index in [0.29, 0.717) is 52.9 Å². The van der Waals surface area contributed by atoms with E-state index in [9.17, 15) is 14.7 Å². The fraction of sp³-hybridized carbons (Fsp3) is 0.219. The van der Waals surface area contributed by atoms with Gasteiger partial charge in [-0.25, -0.2) is 4.98 Å².